The molecule has 0 atom stereocenters. The number of amides is 3. The van der Waals surface area contributed by atoms with Gasteiger partial charge >= 0.3 is 6.09 Å². The van der Waals surface area contributed by atoms with E-state index in [1.165, 1.54) is 24.3 Å². The zero-order valence-corrected chi connectivity index (χ0v) is 35.0. The van der Waals surface area contributed by atoms with Gasteiger partial charge in [-0.3, -0.25) is 19.6 Å². The topological polar surface area (TPSA) is 152 Å². The monoisotopic (exact) mass is 850 g/mol. The van der Waals surface area contributed by atoms with Crippen molar-refractivity contribution in [3.05, 3.63) is 130 Å². The first-order valence-corrected chi connectivity index (χ1v) is 21.4. The molecule has 4 aromatic heterocycles. The number of carbonyl (C=O) groups excluding carboxylic acids is 3. The number of nitrogens with one attached hydrogen (secondary N) is 3. The summed E-state index contributed by atoms with van der Waals surface area (Å²) < 4.78 is 45.9. The molecular formula is C49H44F2N6O6. The van der Waals surface area contributed by atoms with Crippen LogP contribution in [0, 0.1) is 11.6 Å². The summed E-state index contributed by atoms with van der Waals surface area (Å²) >= 11 is 0. The molecule has 2 spiro atoms. The maximum absolute atomic E-state index is 13.8. The Morgan fingerprint density at radius 3 is 1.65 bits per heavy atom. The molecule has 12 rings (SSSR count). The van der Waals surface area contributed by atoms with Gasteiger partial charge in [0.15, 0.2) is 0 Å². The van der Waals surface area contributed by atoms with Crippen LogP contribution in [0.1, 0.15) is 75.3 Å². The quantitative estimate of drug-likeness (QED) is 0.163. The van der Waals surface area contributed by atoms with E-state index in [0.717, 1.165) is 88.4 Å². The van der Waals surface area contributed by atoms with Crippen LogP contribution in [-0.2, 0) is 41.3 Å². The summed E-state index contributed by atoms with van der Waals surface area (Å²) in [6, 6.07) is 16.6. The molecular weight excluding hydrogens is 807 g/mol. The summed E-state index contributed by atoms with van der Waals surface area (Å²) in [5, 5.41) is 9.36. The van der Waals surface area contributed by atoms with Gasteiger partial charge in [0.05, 0.1) is 33.3 Å². The molecule has 2 aliphatic carbocycles. The van der Waals surface area contributed by atoms with Gasteiger partial charge in [-0.05, 0) is 94.0 Å². The fraction of sp³-hybridized carbons (Fsp3) is 0.327. The van der Waals surface area contributed by atoms with Crippen LogP contribution in [0.3, 0.4) is 0 Å². The standard InChI is InChI=1S/C27H26FN3O4.C22H18FN3O2/c1-26(2,3)35-25(33)31-13-27(14-31)12-30-24(32)21-18-8-7-16-11-29-20(15-5-4-6-17(28)9-15)10-19(16)22(18)34-23(21)27;23-14-3-1-2-12(6-14)17-7-16-13(8-25-17)4-5-15-18-20(28-19(15)16)22(9-24-10-22)11-26-21(18)27/h4-6,9-11H,7-8,12-14H2,1-3H3,(H,30,32);1-3,6-8,24H,4-5,9-11H2,(H,26,27). The van der Waals surface area contributed by atoms with Crippen molar-refractivity contribution in [3.8, 4) is 45.2 Å². The second kappa shape index (κ2) is 14.2. The second-order valence-corrected chi connectivity index (χ2v) is 18.6. The number of furan rings is 2. The second-order valence-electron chi connectivity index (χ2n) is 18.6. The summed E-state index contributed by atoms with van der Waals surface area (Å²) in [7, 11) is 0. The molecule has 0 unspecified atom stereocenters. The van der Waals surface area contributed by atoms with Crippen molar-refractivity contribution in [2.45, 2.75) is 62.9 Å². The number of hydrogen-bond acceptors (Lipinski definition) is 9. The molecule has 0 bridgehead atoms. The Kier molecular flexibility index (Phi) is 8.82. The number of benzene rings is 2. The number of hydrogen-bond donors (Lipinski definition) is 3. The molecule has 0 radical (unpaired) electrons. The van der Waals surface area contributed by atoms with E-state index in [2.05, 4.69) is 25.9 Å². The highest BCUT2D eigenvalue weighted by Gasteiger charge is 2.55. The molecule has 12 nitrogen and oxygen atoms in total. The number of pyridine rings is 2. The maximum Gasteiger partial charge on any atom is 0.410 e. The summed E-state index contributed by atoms with van der Waals surface area (Å²) in [4.78, 5) is 48.9. The smallest absolute Gasteiger partial charge is 0.410 e. The maximum atomic E-state index is 13.8. The third-order valence-electron chi connectivity index (χ3n) is 13.2. The van der Waals surface area contributed by atoms with Crippen LogP contribution in [0.4, 0.5) is 13.6 Å². The normalized spacial score (nSPS) is 18.1. The van der Waals surface area contributed by atoms with Gasteiger partial charge in [0.1, 0.15) is 40.3 Å². The molecule has 63 heavy (non-hydrogen) atoms. The SMILES string of the molecule is CC(C)(C)OC(=O)N1CC2(CNC(=O)c3c2oc2c3CCc3cnc(-c4cccc(F)c4)cc3-2)C1.O=C1NCC2(CNC2)c2oc3c(c21)CCc1cnc(-c2cccc(F)c2)cc1-3. The predicted molar refractivity (Wildman–Crippen MR) is 228 cm³/mol. The number of aryl methyl sites for hydroxylation is 2. The lowest BCUT2D eigenvalue weighted by molar-refractivity contribution is -0.0148. The minimum absolute atomic E-state index is 0.0413. The molecule has 14 heteroatoms. The van der Waals surface area contributed by atoms with Crippen molar-refractivity contribution in [1.29, 1.82) is 0 Å². The van der Waals surface area contributed by atoms with Gasteiger partial charge in [0.25, 0.3) is 11.8 Å². The van der Waals surface area contributed by atoms with Crippen LogP contribution in [0.5, 0.6) is 0 Å². The van der Waals surface area contributed by atoms with E-state index in [0.29, 0.717) is 66.6 Å². The van der Waals surface area contributed by atoms with Crippen molar-refractivity contribution < 1.29 is 36.7 Å². The Morgan fingerprint density at radius 2 is 1.19 bits per heavy atom. The van der Waals surface area contributed by atoms with Crippen LogP contribution >= 0.6 is 0 Å². The fourth-order valence-corrected chi connectivity index (χ4v) is 9.93. The Balaban J connectivity index is 0.000000144. The minimum Gasteiger partial charge on any atom is -0.459 e. The fourth-order valence-electron chi connectivity index (χ4n) is 9.93. The van der Waals surface area contributed by atoms with Gasteiger partial charge in [-0.2, -0.15) is 0 Å². The lowest BCUT2D eigenvalue weighted by atomic mass is 9.73. The van der Waals surface area contributed by atoms with Crippen molar-refractivity contribution >= 4 is 17.9 Å². The highest BCUT2D eigenvalue weighted by Crippen LogP contribution is 2.48. The average Bonchev–Trinajstić information content (AvgIpc) is 3.84. The highest BCUT2D eigenvalue weighted by molar-refractivity contribution is 6.02. The Bertz CT molecular complexity index is 2920. The van der Waals surface area contributed by atoms with E-state index < -0.39 is 11.0 Å². The number of ether oxygens (including phenoxy) is 1. The number of aromatic nitrogens is 2. The van der Waals surface area contributed by atoms with Gasteiger partial charge in [0.2, 0.25) is 0 Å². The number of fused-ring (bicyclic) bond motifs is 12. The molecule has 0 saturated carbocycles. The molecule has 3 N–H and O–H groups in total. The molecule has 2 aromatic carbocycles. The Labute approximate surface area is 361 Å². The van der Waals surface area contributed by atoms with Crippen molar-refractivity contribution in [2.24, 2.45) is 0 Å². The summed E-state index contributed by atoms with van der Waals surface area (Å²) in [5.41, 5.74) is 8.70. The van der Waals surface area contributed by atoms with Gasteiger partial charge in [0, 0.05) is 85.0 Å². The van der Waals surface area contributed by atoms with Gasteiger partial charge in [-0.15, -0.1) is 0 Å². The van der Waals surface area contributed by atoms with Crippen molar-refractivity contribution in [2.75, 3.05) is 39.3 Å². The first-order chi connectivity index (χ1) is 30.3. The van der Waals surface area contributed by atoms with Crippen LogP contribution in [-0.4, -0.2) is 77.6 Å². The van der Waals surface area contributed by atoms with Crippen LogP contribution in [0.15, 0.2) is 81.9 Å². The van der Waals surface area contributed by atoms with E-state index in [-0.39, 0.29) is 35.0 Å². The zero-order valence-electron chi connectivity index (χ0n) is 35.0. The van der Waals surface area contributed by atoms with E-state index >= 15 is 0 Å². The molecule has 320 valence electrons. The van der Waals surface area contributed by atoms with Gasteiger partial charge in [-0.1, -0.05) is 24.3 Å². The molecule has 6 aromatic rings. The van der Waals surface area contributed by atoms with Crippen LogP contribution in [0.2, 0.25) is 0 Å². The van der Waals surface area contributed by atoms with E-state index in [1.54, 1.807) is 17.0 Å². The van der Waals surface area contributed by atoms with Crippen LogP contribution in [0.25, 0.3) is 45.2 Å². The number of rotatable bonds is 2. The van der Waals surface area contributed by atoms with Crippen LogP contribution < -0.4 is 16.0 Å². The molecule has 8 heterocycles. The molecule has 3 amide bonds. The largest absolute Gasteiger partial charge is 0.459 e. The first kappa shape index (κ1) is 39.2. The van der Waals surface area contributed by atoms with E-state index in [9.17, 15) is 23.2 Å². The van der Waals surface area contributed by atoms with Crippen molar-refractivity contribution in [3.63, 3.8) is 0 Å². The summed E-state index contributed by atoms with van der Waals surface area (Å²) in [6.07, 6.45) is 6.26. The minimum atomic E-state index is -0.577. The number of nitrogens with zero attached hydrogens (tertiary/aromatic N) is 3. The third kappa shape index (κ3) is 6.44. The van der Waals surface area contributed by atoms with E-state index in [4.69, 9.17) is 13.6 Å². The van der Waals surface area contributed by atoms with Gasteiger partial charge < -0.3 is 34.4 Å². The summed E-state index contributed by atoms with van der Waals surface area (Å²) in [6.45, 7) is 8.98. The molecule has 4 aliphatic heterocycles. The molecule has 2 saturated heterocycles. The third-order valence-corrected chi connectivity index (χ3v) is 13.2. The zero-order chi connectivity index (χ0) is 43.4. The number of halogens is 2. The Morgan fingerprint density at radius 1 is 0.698 bits per heavy atom. The average molecular weight is 851 g/mol. The first-order valence-electron chi connectivity index (χ1n) is 21.4. The highest BCUT2D eigenvalue weighted by atomic mass is 19.1. The predicted octanol–water partition coefficient (Wildman–Crippen LogP) is 7.31. The molecule has 6 aliphatic rings. The van der Waals surface area contributed by atoms with Crippen molar-refractivity contribution in [1.82, 2.24) is 30.8 Å². The number of carbonyl (C=O) groups is 3. The molecule has 2 fully saturated rings. The lowest BCUT2D eigenvalue weighted by Crippen LogP contribution is -2.67. The lowest BCUT2D eigenvalue weighted by Gasteiger charge is -2.50. The Hall–Kier alpha value is -6.67. The number of likely N-dealkylation sites (tertiary alicyclic amines) is 1. The van der Waals surface area contributed by atoms with E-state index in [1.807, 2.05) is 57.4 Å². The van der Waals surface area contributed by atoms with Gasteiger partial charge in [-0.25, -0.2) is 13.6 Å². The summed E-state index contributed by atoms with van der Waals surface area (Å²) in [5.74, 6) is 2.10.